The molecule has 3 aliphatic rings. The van der Waals surface area contributed by atoms with E-state index in [9.17, 15) is 0 Å². The molecule has 3 aliphatic heterocycles. The van der Waals surface area contributed by atoms with E-state index in [2.05, 4.69) is 41.7 Å². The van der Waals surface area contributed by atoms with Crippen molar-refractivity contribution in [3.63, 3.8) is 0 Å². The van der Waals surface area contributed by atoms with Gasteiger partial charge in [-0.05, 0) is 51.0 Å². The fourth-order valence-corrected chi connectivity index (χ4v) is 4.64. The molecular formula is C26H33NO6. The summed E-state index contributed by atoms with van der Waals surface area (Å²) in [6.07, 6.45) is -1.66. The fraction of sp³-hybridized carbons (Fsp3) is 0.538. The predicted octanol–water partition coefficient (Wildman–Crippen LogP) is 4.21. The molecule has 3 fully saturated rings. The molecule has 0 bridgehead atoms. The highest BCUT2D eigenvalue weighted by Crippen LogP contribution is 2.44. The van der Waals surface area contributed by atoms with E-state index in [1.54, 1.807) is 0 Å². The molecule has 0 aliphatic carbocycles. The number of rotatable bonds is 7. The molecule has 3 heterocycles. The summed E-state index contributed by atoms with van der Waals surface area (Å²) in [6.45, 7) is 9.24. The van der Waals surface area contributed by atoms with Crippen molar-refractivity contribution in [3.05, 3.63) is 65.7 Å². The summed E-state index contributed by atoms with van der Waals surface area (Å²) in [6, 6.07) is 18.6. The number of nitrogens with one attached hydrogen (secondary N) is 1. The molecule has 1 N–H and O–H groups in total. The molecule has 0 amide bonds. The van der Waals surface area contributed by atoms with E-state index < -0.39 is 17.9 Å². The number of benzene rings is 2. The third kappa shape index (κ3) is 5.24. The van der Waals surface area contributed by atoms with Gasteiger partial charge >= 0.3 is 0 Å². The van der Waals surface area contributed by atoms with Crippen LogP contribution in [0.3, 0.4) is 0 Å². The summed E-state index contributed by atoms with van der Waals surface area (Å²) in [4.78, 5) is 0. The highest BCUT2D eigenvalue weighted by atomic mass is 16.9. The molecule has 33 heavy (non-hydrogen) atoms. The molecule has 2 aromatic rings. The Labute approximate surface area is 195 Å². The zero-order valence-electron chi connectivity index (χ0n) is 19.7. The molecule has 5 atom stereocenters. The Hall–Kier alpha value is -2.00. The first-order valence-corrected chi connectivity index (χ1v) is 11.6. The van der Waals surface area contributed by atoms with Crippen molar-refractivity contribution in [2.75, 3.05) is 11.9 Å². The lowest BCUT2D eigenvalue weighted by Gasteiger charge is -2.37. The second-order valence-corrected chi connectivity index (χ2v) is 9.76. The summed E-state index contributed by atoms with van der Waals surface area (Å²) < 4.78 is 36.5. The van der Waals surface area contributed by atoms with E-state index >= 15 is 0 Å². The van der Waals surface area contributed by atoms with Crippen LogP contribution in [0.2, 0.25) is 0 Å². The maximum absolute atomic E-state index is 6.20. The first-order chi connectivity index (χ1) is 15.8. The molecular weight excluding hydrogens is 422 g/mol. The van der Waals surface area contributed by atoms with Crippen molar-refractivity contribution in [3.8, 4) is 0 Å². The average Bonchev–Trinajstić information content (AvgIpc) is 3.28. The van der Waals surface area contributed by atoms with Gasteiger partial charge in [-0.2, -0.15) is 0 Å². The molecule has 178 valence electrons. The lowest BCUT2D eigenvalue weighted by atomic mass is 9.99. The molecule has 5 rings (SSSR count). The van der Waals surface area contributed by atoms with Crippen LogP contribution in [0.25, 0.3) is 0 Å². The van der Waals surface area contributed by atoms with E-state index in [1.165, 1.54) is 5.56 Å². The van der Waals surface area contributed by atoms with Gasteiger partial charge < -0.3 is 33.7 Å². The van der Waals surface area contributed by atoms with Gasteiger partial charge in [-0.1, -0.05) is 42.5 Å². The summed E-state index contributed by atoms with van der Waals surface area (Å²) in [7, 11) is 0. The Bertz CT molecular complexity index is 932. The maximum atomic E-state index is 6.20. The van der Waals surface area contributed by atoms with E-state index in [-0.39, 0.29) is 24.4 Å². The Morgan fingerprint density at radius 3 is 2.18 bits per heavy atom. The van der Waals surface area contributed by atoms with E-state index in [0.717, 1.165) is 17.8 Å². The van der Waals surface area contributed by atoms with Gasteiger partial charge in [-0.15, -0.1) is 0 Å². The summed E-state index contributed by atoms with van der Waals surface area (Å²) >= 11 is 0. The van der Waals surface area contributed by atoms with Gasteiger partial charge in [0.15, 0.2) is 17.9 Å². The summed E-state index contributed by atoms with van der Waals surface area (Å²) in [5.74, 6) is -1.42. The van der Waals surface area contributed by atoms with Crippen LogP contribution in [0.1, 0.15) is 38.8 Å². The van der Waals surface area contributed by atoms with Gasteiger partial charge in [0, 0.05) is 12.2 Å². The lowest BCUT2D eigenvalue weighted by Crippen LogP contribution is -2.56. The second-order valence-electron chi connectivity index (χ2n) is 9.76. The highest BCUT2D eigenvalue weighted by molar-refractivity contribution is 5.45. The molecule has 0 spiro atoms. The van der Waals surface area contributed by atoms with Crippen LogP contribution in [0.5, 0.6) is 0 Å². The van der Waals surface area contributed by atoms with Crippen molar-refractivity contribution >= 4 is 5.69 Å². The van der Waals surface area contributed by atoms with Crippen LogP contribution in [-0.2, 0) is 41.6 Å². The summed E-state index contributed by atoms with van der Waals surface area (Å²) in [5, 5.41) is 3.44. The zero-order valence-corrected chi connectivity index (χ0v) is 19.7. The average molecular weight is 456 g/mol. The number of anilines is 1. The largest absolute Gasteiger partial charge is 0.381 e. The van der Waals surface area contributed by atoms with Crippen LogP contribution in [0.15, 0.2) is 54.6 Å². The van der Waals surface area contributed by atoms with Crippen molar-refractivity contribution in [2.24, 2.45) is 0 Å². The van der Waals surface area contributed by atoms with Crippen LogP contribution in [-0.4, -0.2) is 48.9 Å². The minimum absolute atomic E-state index is 0.260. The van der Waals surface area contributed by atoms with Crippen LogP contribution < -0.4 is 5.32 Å². The van der Waals surface area contributed by atoms with Gasteiger partial charge in [0.2, 0.25) is 0 Å². The smallest absolute Gasteiger partial charge is 0.190 e. The number of hydrogen-bond donors (Lipinski definition) is 1. The molecule has 0 unspecified atom stereocenters. The van der Waals surface area contributed by atoms with Gasteiger partial charge in [0.1, 0.15) is 24.4 Å². The van der Waals surface area contributed by atoms with Gasteiger partial charge in [0.05, 0.1) is 13.2 Å². The Kier molecular flexibility index (Phi) is 6.20. The quantitative estimate of drug-likeness (QED) is 0.671. The second kappa shape index (κ2) is 8.98. The lowest BCUT2D eigenvalue weighted by molar-refractivity contribution is -0.243. The van der Waals surface area contributed by atoms with Gasteiger partial charge in [-0.3, -0.25) is 0 Å². The molecule has 2 aromatic carbocycles. The minimum Gasteiger partial charge on any atom is -0.381 e. The van der Waals surface area contributed by atoms with Crippen molar-refractivity contribution < 1.29 is 28.4 Å². The molecule has 0 aromatic heterocycles. The van der Waals surface area contributed by atoms with Crippen molar-refractivity contribution in [1.29, 1.82) is 0 Å². The Morgan fingerprint density at radius 2 is 1.42 bits per heavy atom. The van der Waals surface area contributed by atoms with Crippen LogP contribution in [0, 0.1) is 0 Å². The first-order valence-electron chi connectivity index (χ1n) is 11.6. The standard InChI is InChI=1S/C26H33NO6/c1-25(2)30-21-20(29-24-23(22(21)31-25)32-26(3,4)33-24)16-28-15-18-10-12-19(13-11-18)27-14-17-8-6-5-7-9-17/h5-13,20-24,27H,14-16H2,1-4H3/t20-,21+,22+,23-,24-/m1/s1. The number of hydrogen-bond acceptors (Lipinski definition) is 7. The molecule has 7 heteroatoms. The fourth-order valence-electron chi connectivity index (χ4n) is 4.64. The Balaban J connectivity index is 1.15. The van der Waals surface area contributed by atoms with Crippen LogP contribution >= 0.6 is 0 Å². The molecule has 0 radical (unpaired) electrons. The molecule has 7 nitrogen and oxygen atoms in total. The van der Waals surface area contributed by atoms with E-state index in [1.807, 2.05) is 45.9 Å². The molecule has 0 saturated carbocycles. The molecule has 3 saturated heterocycles. The third-order valence-corrected chi connectivity index (χ3v) is 6.10. The number of fused-ring (bicyclic) bond motifs is 3. The SMILES string of the molecule is CC1(C)O[C@H]2[C@@H](O1)[C@@H](COCc1ccc(NCc3ccccc3)cc1)O[C@@H]1OC(C)(C)O[C@@H]12. The summed E-state index contributed by atoms with van der Waals surface area (Å²) in [5.41, 5.74) is 3.42. The first kappa shape index (κ1) is 22.8. The Morgan fingerprint density at radius 1 is 0.758 bits per heavy atom. The van der Waals surface area contributed by atoms with Crippen molar-refractivity contribution in [1.82, 2.24) is 0 Å². The predicted molar refractivity (Wildman–Crippen MR) is 122 cm³/mol. The monoisotopic (exact) mass is 455 g/mol. The normalized spacial score (nSPS) is 31.7. The number of ether oxygens (including phenoxy) is 6. The van der Waals surface area contributed by atoms with Crippen LogP contribution in [0.4, 0.5) is 5.69 Å². The van der Waals surface area contributed by atoms with Crippen molar-refractivity contribution in [2.45, 2.75) is 83.1 Å². The van der Waals surface area contributed by atoms with Gasteiger partial charge in [-0.25, -0.2) is 0 Å². The van der Waals surface area contributed by atoms with E-state index in [0.29, 0.717) is 13.2 Å². The zero-order chi connectivity index (χ0) is 23.1. The third-order valence-electron chi connectivity index (χ3n) is 6.10. The maximum Gasteiger partial charge on any atom is 0.190 e. The highest BCUT2D eigenvalue weighted by Gasteiger charge is 2.60. The minimum atomic E-state index is -0.720. The topological polar surface area (TPSA) is 67.4 Å². The van der Waals surface area contributed by atoms with E-state index in [4.69, 9.17) is 28.4 Å². The van der Waals surface area contributed by atoms with Gasteiger partial charge in [0.25, 0.3) is 0 Å².